The maximum atomic E-state index is 11.2. The summed E-state index contributed by atoms with van der Waals surface area (Å²) in [6.07, 6.45) is 0. The molecule has 0 spiro atoms. The van der Waals surface area contributed by atoms with E-state index in [1.54, 1.807) is 26.2 Å². The molecule has 0 aliphatic carbocycles. The van der Waals surface area contributed by atoms with Crippen LogP contribution in [-0.4, -0.2) is 46.5 Å². The van der Waals surface area contributed by atoms with Gasteiger partial charge in [0.15, 0.2) is 0 Å². The van der Waals surface area contributed by atoms with Crippen LogP contribution in [0.15, 0.2) is 29.2 Å². The molecule has 19 heavy (non-hydrogen) atoms. The molecule has 106 valence electrons. The van der Waals surface area contributed by atoms with Crippen LogP contribution in [0.2, 0.25) is 0 Å². The van der Waals surface area contributed by atoms with Gasteiger partial charge in [-0.1, -0.05) is 0 Å². The van der Waals surface area contributed by atoms with Gasteiger partial charge in [0.1, 0.15) is 0 Å². The third-order valence-electron chi connectivity index (χ3n) is 2.32. The monoisotopic (exact) mass is 286 g/mol. The molecule has 4 N–H and O–H groups in total. The van der Waals surface area contributed by atoms with Crippen molar-refractivity contribution in [2.24, 2.45) is 5.14 Å². The van der Waals surface area contributed by atoms with Crippen LogP contribution < -0.4 is 15.8 Å². The Morgan fingerprint density at radius 2 is 1.79 bits per heavy atom. The Bertz CT molecular complexity index is 525. The molecule has 1 aromatic rings. The van der Waals surface area contributed by atoms with Crippen molar-refractivity contribution in [2.45, 2.75) is 4.90 Å². The highest BCUT2D eigenvalue weighted by Crippen LogP contribution is 2.12. The zero-order valence-corrected chi connectivity index (χ0v) is 11.7. The van der Waals surface area contributed by atoms with E-state index in [1.165, 1.54) is 17.0 Å². The van der Waals surface area contributed by atoms with Crippen LogP contribution in [-0.2, 0) is 10.0 Å². The molecule has 0 fully saturated rings. The van der Waals surface area contributed by atoms with Crippen LogP contribution >= 0.6 is 0 Å². The van der Waals surface area contributed by atoms with Crippen molar-refractivity contribution in [3.63, 3.8) is 0 Å². The van der Waals surface area contributed by atoms with Crippen LogP contribution in [0.1, 0.15) is 0 Å². The predicted octanol–water partition coefficient (Wildman–Crippen LogP) is 0.0171. The molecule has 0 aliphatic rings. The van der Waals surface area contributed by atoms with E-state index in [2.05, 4.69) is 10.6 Å². The fourth-order valence-electron chi connectivity index (χ4n) is 1.30. The number of carbonyl (C=O) groups excluding carboxylic acids is 1. The number of nitrogens with one attached hydrogen (secondary N) is 2. The Morgan fingerprint density at radius 3 is 2.26 bits per heavy atom. The maximum absolute atomic E-state index is 11.2. The second kappa shape index (κ2) is 6.39. The van der Waals surface area contributed by atoms with Gasteiger partial charge in [0.05, 0.1) is 4.90 Å². The van der Waals surface area contributed by atoms with Crippen LogP contribution in [0.4, 0.5) is 10.5 Å². The molecule has 2 amide bonds. The predicted molar refractivity (Wildman–Crippen MR) is 73.4 cm³/mol. The van der Waals surface area contributed by atoms with Gasteiger partial charge in [-0.15, -0.1) is 0 Å². The Balaban J connectivity index is 2.41. The summed E-state index contributed by atoms with van der Waals surface area (Å²) >= 11 is 0. The largest absolute Gasteiger partial charge is 0.383 e. The summed E-state index contributed by atoms with van der Waals surface area (Å²) in [6.45, 7) is 1.00. The molecule has 0 aromatic heterocycles. The number of benzene rings is 1. The van der Waals surface area contributed by atoms with E-state index in [1.807, 2.05) is 0 Å². The molecular formula is C11H18N4O3S. The van der Waals surface area contributed by atoms with Gasteiger partial charge in [-0.3, -0.25) is 0 Å². The molecule has 1 rings (SSSR count). The van der Waals surface area contributed by atoms with Gasteiger partial charge >= 0.3 is 6.03 Å². The molecule has 8 heteroatoms. The van der Waals surface area contributed by atoms with Crippen molar-refractivity contribution in [3.05, 3.63) is 24.3 Å². The highest BCUT2D eigenvalue weighted by molar-refractivity contribution is 7.89. The lowest BCUT2D eigenvalue weighted by Crippen LogP contribution is -2.37. The molecule has 0 bridgehead atoms. The number of nitrogens with two attached hydrogens (primary N) is 1. The van der Waals surface area contributed by atoms with E-state index < -0.39 is 10.0 Å². The topological polar surface area (TPSA) is 105 Å². The normalized spacial score (nSPS) is 10.9. The molecular weight excluding hydrogens is 268 g/mol. The fourth-order valence-corrected chi connectivity index (χ4v) is 1.81. The summed E-state index contributed by atoms with van der Waals surface area (Å²) in [5, 5.41) is 10.7. The van der Waals surface area contributed by atoms with Crippen LogP contribution in [0.5, 0.6) is 0 Å². The molecule has 0 saturated carbocycles. The minimum Gasteiger partial charge on any atom is -0.383 e. The third-order valence-corrected chi connectivity index (χ3v) is 3.25. The van der Waals surface area contributed by atoms with E-state index >= 15 is 0 Å². The summed E-state index contributed by atoms with van der Waals surface area (Å²) in [6, 6.07) is 5.93. The first kappa shape index (κ1) is 15.3. The lowest BCUT2D eigenvalue weighted by Gasteiger charge is -2.12. The Morgan fingerprint density at radius 1 is 1.21 bits per heavy atom. The second-order valence-corrected chi connectivity index (χ2v) is 5.68. The Kier molecular flexibility index (Phi) is 5.13. The van der Waals surface area contributed by atoms with E-state index in [-0.39, 0.29) is 10.9 Å². The zero-order chi connectivity index (χ0) is 14.5. The Hall–Kier alpha value is -1.80. The van der Waals surface area contributed by atoms with Gasteiger partial charge in [-0.05, 0) is 24.3 Å². The lowest BCUT2D eigenvalue weighted by molar-refractivity contribution is 0.218. The summed E-state index contributed by atoms with van der Waals surface area (Å²) in [7, 11) is -0.333. The summed E-state index contributed by atoms with van der Waals surface area (Å²) in [5.74, 6) is 0. The third kappa shape index (κ3) is 5.14. The summed E-state index contributed by atoms with van der Waals surface area (Å²) in [5.41, 5.74) is 0.756. The number of carbonyl (C=O) groups is 1. The fraction of sp³-hybridized carbons (Fsp3) is 0.364. The molecule has 0 atom stereocenters. The maximum Gasteiger partial charge on any atom is 0.316 e. The van der Waals surface area contributed by atoms with Gasteiger partial charge in [0.25, 0.3) is 0 Å². The molecule has 0 heterocycles. The molecule has 0 saturated heterocycles. The summed E-state index contributed by atoms with van der Waals surface area (Å²) in [4.78, 5) is 12.7. The second-order valence-electron chi connectivity index (χ2n) is 4.12. The van der Waals surface area contributed by atoms with Crippen molar-refractivity contribution in [3.8, 4) is 0 Å². The number of rotatable bonds is 5. The number of hydrogen-bond acceptors (Lipinski definition) is 4. The van der Waals surface area contributed by atoms with Gasteiger partial charge in [-0.2, -0.15) is 0 Å². The number of urea groups is 1. The van der Waals surface area contributed by atoms with Crippen molar-refractivity contribution in [1.82, 2.24) is 10.2 Å². The first-order chi connectivity index (χ1) is 8.80. The van der Waals surface area contributed by atoms with Crippen molar-refractivity contribution in [2.75, 3.05) is 32.5 Å². The Labute approximate surface area is 112 Å². The SMILES string of the molecule is CN(C)C(=O)NCCNc1ccc(S(N)(=O)=O)cc1. The van der Waals surface area contributed by atoms with Gasteiger partial charge < -0.3 is 15.5 Å². The van der Waals surface area contributed by atoms with Crippen molar-refractivity contribution >= 4 is 21.7 Å². The van der Waals surface area contributed by atoms with Crippen LogP contribution in [0, 0.1) is 0 Å². The average Bonchev–Trinajstić information content (AvgIpc) is 2.33. The smallest absolute Gasteiger partial charge is 0.316 e. The van der Waals surface area contributed by atoms with Crippen LogP contribution in [0.25, 0.3) is 0 Å². The molecule has 0 radical (unpaired) electrons. The van der Waals surface area contributed by atoms with Gasteiger partial charge in [0.2, 0.25) is 10.0 Å². The minimum absolute atomic E-state index is 0.0685. The minimum atomic E-state index is -3.66. The van der Waals surface area contributed by atoms with E-state index in [4.69, 9.17) is 5.14 Å². The first-order valence-electron chi connectivity index (χ1n) is 5.62. The van der Waals surface area contributed by atoms with Crippen molar-refractivity contribution in [1.29, 1.82) is 0 Å². The molecule has 0 unspecified atom stereocenters. The molecule has 0 aliphatic heterocycles. The summed E-state index contributed by atoms with van der Waals surface area (Å²) < 4.78 is 22.1. The van der Waals surface area contributed by atoms with Gasteiger partial charge in [-0.25, -0.2) is 18.4 Å². The number of nitrogens with zero attached hydrogens (tertiary/aromatic N) is 1. The highest BCUT2D eigenvalue weighted by Gasteiger charge is 2.06. The van der Waals surface area contributed by atoms with E-state index in [9.17, 15) is 13.2 Å². The van der Waals surface area contributed by atoms with E-state index in [0.717, 1.165) is 5.69 Å². The van der Waals surface area contributed by atoms with Crippen LogP contribution in [0.3, 0.4) is 0 Å². The van der Waals surface area contributed by atoms with Gasteiger partial charge in [0, 0.05) is 32.9 Å². The number of amides is 2. The number of primary sulfonamides is 1. The number of anilines is 1. The lowest BCUT2D eigenvalue weighted by atomic mass is 10.3. The average molecular weight is 286 g/mol. The standard InChI is InChI=1S/C11H18N4O3S/c1-15(2)11(16)14-8-7-13-9-3-5-10(6-4-9)19(12,17)18/h3-6,13H,7-8H2,1-2H3,(H,14,16)(H2,12,17,18). The zero-order valence-electron chi connectivity index (χ0n) is 10.9. The highest BCUT2D eigenvalue weighted by atomic mass is 32.2. The first-order valence-corrected chi connectivity index (χ1v) is 7.17. The van der Waals surface area contributed by atoms with E-state index in [0.29, 0.717) is 13.1 Å². The number of hydrogen-bond donors (Lipinski definition) is 3. The van der Waals surface area contributed by atoms with Crippen molar-refractivity contribution < 1.29 is 13.2 Å². The molecule has 1 aromatic carbocycles. The number of sulfonamides is 1. The quantitative estimate of drug-likeness (QED) is 0.663. The molecule has 7 nitrogen and oxygen atoms in total.